The molecule has 0 spiro atoms. The van der Waals surface area contributed by atoms with Gasteiger partial charge in [-0.25, -0.2) is 9.18 Å². The fourth-order valence-electron chi connectivity index (χ4n) is 4.64. The van der Waals surface area contributed by atoms with Crippen molar-refractivity contribution in [1.82, 2.24) is 9.55 Å². The normalized spacial score (nSPS) is 18.9. The molecule has 1 aromatic carbocycles. The van der Waals surface area contributed by atoms with Gasteiger partial charge in [0.1, 0.15) is 5.39 Å². The molecule has 0 aliphatic heterocycles. The first kappa shape index (κ1) is 18.6. The Morgan fingerprint density at radius 2 is 2.10 bits per heavy atom. The van der Waals surface area contributed by atoms with Crippen LogP contribution in [0.3, 0.4) is 0 Å². The van der Waals surface area contributed by atoms with Gasteiger partial charge in [-0.15, -0.1) is 11.3 Å². The predicted octanol–water partition coefficient (Wildman–Crippen LogP) is 3.28. The van der Waals surface area contributed by atoms with Gasteiger partial charge in [-0.2, -0.15) is 0 Å². The number of nitrogens with two attached hydrogens (primary N) is 1. The van der Waals surface area contributed by atoms with Crippen LogP contribution in [0.25, 0.3) is 21.3 Å². The number of H-pyrrole nitrogens is 1. The van der Waals surface area contributed by atoms with Gasteiger partial charge in [0.05, 0.1) is 5.52 Å². The maximum Gasteiger partial charge on any atom is 0.329 e. The van der Waals surface area contributed by atoms with Crippen LogP contribution in [-0.4, -0.2) is 21.2 Å². The number of aromatic amines is 1. The predicted molar refractivity (Wildman–Crippen MR) is 112 cm³/mol. The standard InChI is InChI=1S/C21H22FN3O3S/c1-9-15(14-7-12-10(8-23)3-2-4-13(12)29-14)17(22)19(26)16-18(9)25(11-5-6-11)21(28)24-20(16)27/h7,10-11,26H,2-6,8,23H2,1H3,(H,24,27,28). The zero-order valence-corrected chi connectivity index (χ0v) is 16.9. The van der Waals surface area contributed by atoms with E-state index >= 15 is 4.39 Å². The van der Waals surface area contributed by atoms with Crippen LogP contribution < -0.4 is 17.0 Å². The summed E-state index contributed by atoms with van der Waals surface area (Å²) in [6, 6.07) is 1.94. The van der Waals surface area contributed by atoms with Crippen molar-refractivity contribution in [3.63, 3.8) is 0 Å². The Bertz CT molecular complexity index is 1270. The summed E-state index contributed by atoms with van der Waals surface area (Å²) in [6.07, 6.45) is 4.64. The number of hydrogen-bond donors (Lipinski definition) is 3. The molecule has 8 heteroatoms. The molecule has 3 aromatic rings. The van der Waals surface area contributed by atoms with Crippen molar-refractivity contribution in [1.29, 1.82) is 0 Å². The second-order valence-electron chi connectivity index (χ2n) is 8.06. The van der Waals surface area contributed by atoms with Crippen molar-refractivity contribution in [2.75, 3.05) is 6.54 Å². The average Bonchev–Trinajstić information content (AvgIpc) is 3.43. The molecule has 2 aliphatic rings. The van der Waals surface area contributed by atoms with E-state index in [1.165, 1.54) is 20.8 Å². The quantitative estimate of drug-likeness (QED) is 0.611. The van der Waals surface area contributed by atoms with E-state index in [2.05, 4.69) is 4.98 Å². The van der Waals surface area contributed by atoms with Crippen molar-refractivity contribution in [3.8, 4) is 16.2 Å². The number of nitrogens with one attached hydrogen (secondary N) is 1. The van der Waals surface area contributed by atoms with Gasteiger partial charge in [-0.1, -0.05) is 0 Å². The van der Waals surface area contributed by atoms with E-state index in [4.69, 9.17) is 5.73 Å². The van der Waals surface area contributed by atoms with E-state index in [9.17, 15) is 14.7 Å². The Morgan fingerprint density at radius 3 is 2.79 bits per heavy atom. The van der Waals surface area contributed by atoms with Crippen LogP contribution in [-0.2, 0) is 6.42 Å². The largest absolute Gasteiger partial charge is 0.504 e. The molecule has 2 aliphatic carbocycles. The summed E-state index contributed by atoms with van der Waals surface area (Å²) in [5, 5.41) is 10.4. The number of phenolic OH excluding ortho intramolecular Hbond substituents is 1. The highest BCUT2D eigenvalue weighted by Gasteiger charge is 2.32. The first-order valence-electron chi connectivity index (χ1n) is 9.95. The summed E-state index contributed by atoms with van der Waals surface area (Å²) in [7, 11) is 0. The van der Waals surface area contributed by atoms with Crippen LogP contribution in [0.2, 0.25) is 0 Å². The molecule has 152 valence electrons. The minimum atomic E-state index is -0.815. The van der Waals surface area contributed by atoms with Crippen molar-refractivity contribution in [2.24, 2.45) is 5.73 Å². The molecule has 1 atom stereocenters. The molecule has 4 N–H and O–H groups in total. The van der Waals surface area contributed by atoms with Crippen molar-refractivity contribution in [3.05, 3.63) is 48.7 Å². The van der Waals surface area contributed by atoms with Gasteiger partial charge >= 0.3 is 5.69 Å². The number of aryl methyl sites for hydroxylation is 2. The summed E-state index contributed by atoms with van der Waals surface area (Å²) < 4.78 is 16.8. The second-order valence-corrected chi connectivity index (χ2v) is 9.20. The number of thiophene rings is 1. The SMILES string of the molecule is Cc1c(-c2cc3c(s2)CCCC3CN)c(F)c(O)c2c(=O)[nH]c(=O)n(C3CC3)c12. The number of aromatic hydroxyl groups is 1. The third-order valence-corrected chi connectivity index (χ3v) is 7.45. The lowest BCUT2D eigenvalue weighted by molar-refractivity contribution is 0.438. The molecule has 0 radical (unpaired) electrons. The summed E-state index contributed by atoms with van der Waals surface area (Å²) >= 11 is 1.51. The molecule has 2 aromatic heterocycles. The molecule has 0 saturated heterocycles. The smallest absolute Gasteiger partial charge is 0.329 e. The van der Waals surface area contributed by atoms with E-state index < -0.39 is 22.8 Å². The lowest BCUT2D eigenvalue weighted by Gasteiger charge is -2.20. The molecule has 2 heterocycles. The topological polar surface area (TPSA) is 101 Å². The van der Waals surface area contributed by atoms with Crippen LogP contribution in [0.1, 0.15) is 53.6 Å². The number of phenols is 1. The number of nitrogens with zero attached hydrogens (tertiary/aromatic N) is 1. The molecule has 1 fully saturated rings. The number of aromatic nitrogens is 2. The molecule has 29 heavy (non-hydrogen) atoms. The third-order valence-electron chi connectivity index (χ3n) is 6.22. The van der Waals surface area contributed by atoms with Gasteiger partial charge in [-0.3, -0.25) is 14.3 Å². The zero-order valence-electron chi connectivity index (χ0n) is 16.0. The Labute approximate surface area is 169 Å². The van der Waals surface area contributed by atoms with Gasteiger partial charge in [0.2, 0.25) is 0 Å². The lowest BCUT2D eigenvalue weighted by Crippen LogP contribution is -2.30. The Hall–Kier alpha value is -2.45. The molecule has 0 bridgehead atoms. The van der Waals surface area contributed by atoms with Crippen LogP contribution in [0, 0.1) is 12.7 Å². The average molecular weight is 415 g/mol. The number of halogens is 1. The molecule has 5 rings (SSSR count). The van der Waals surface area contributed by atoms with Crippen LogP contribution in [0.5, 0.6) is 5.75 Å². The first-order chi connectivity index (χ1) is 13.9. The van der Waals surface area contributed by atoms with Crippen molar-refractivity contribution >= 4 is 22.2 Å². The van der Waals surface area contributed by atoms with E-state index in [1.54, 1.807) is 6.92 Å². The van der Waals surface area contributed by atoms with E-state index in [1.807, 2.05) is 6.07 Å². The number of rotatable bonds is 3. The van der Waals surface area contributed by atoms with Crippen LogP contribution in [0.4, 0.5) is 4.39 Å². The molecule has 1 unspecified atom stereocenters. The van der Waals surface area contributed by atoms with Gasteiger partial charge < -0.3 is 10.8 Å². The molecular weight excluding hydrogens is 393 g/mol. The molecule has 1 saturated carbocycles. The Kier molecular flexibility index (Phi) is 4.18. The van der Waals surface area contributed by atoms with E-state index in [0.717, 1.165) is 37.7 Å². The number of fused-ring (bicyclic) bond motifs is 2. The highest BCUT2D eigenvalue weighted by Crippen LogP contribution is 2.46. The van der Waals surface area contributed by atoms with Crippen LogP contribution >= 0.6 is 11.3 Å². The minimum absolute atomic E-state index is 0.0311. The number of hydrogen-bond acceptors (Lipinski definition) is 5. The van der Waals surface area contributed by atoms with Crippen molar-refractivity contribution < 1.29 is 9.50 Å². The highest BCUT2D eigenvalue weighted by molar-refractivity contribution is 7.15. The summed E-state index contributed by atoms with van der Waals surface area (Å²) in [4.78, 5) is 29.0. The summed E-state index contributed by atoms with van der Waals surface area (Å²) in [6.45, 7) is 2.27. The zero-order chi connectivity index (χ0) is 20.4. The minimum Gasteiger partial charge on any atom is -0.504 e. The first-order valence-corrected chi connectivity index (χ1v) is 10.8. The number of benzene rings is 1. The van der Waals surface area contributed by atoms with Crippen molar-refractivity contribution in [2.45, 2.75) is 51.0 Å². The van der Waals surface area contributed by atoms with Gasteiger partial charge in [0.15, 0.2) is 11.6 Å². The Morgan fingerprint density at radius 1 is 1.34 bits per heavy atom. The van der Waals surface area contributed by atoms with Crippen LogP contribution in [0.15, 0.2) is 15.7 Å². The van der Waals surface area contributed by atoms with Gasteiger partial charge in [-0.05, 0) is 68.7 Å². The summed E-state index contributed by atoms with van der Waals surface area (Å²) in [5.74, 6) is -1.25. The second kappa shape index (κ2) is 6.53. The maximum absolute atomic E-state index is 15.3. The maximum atomic E-state index is 15.3. The fraction of sp³-hybridized carbons (Fsp3) is 0.429. The van der Waals surface area contributed by atoms with Gasteiger partial charge in [0.25, 0.3) is 5.56 Å². The summed E-state index contributed by atoms with van der Waals surface area (Å²) in [5.41, 5.74) is 6.92. The lowest BCUT2D eigenvalue weighted by atomic mass is 9.87. The third kappa shape index (κ3) is 2.69. The monoisotopic (exact) mass is 415 g/mol. The van der Waals surface area contributed by atoms with E-state index in [-0.39, 0.29) is 22.9 Å². The molecular formula is C21H22FN3O3S. The fourth-order valence-corrected chi connectivity index (χ4v) is 6.02. The Balaban J connectivity index is 1.84. The van der Waals surface area contributed by atoms with Gasteiger partial charge in [0, 0.05) is 21.4 Å². The molecule has 0 amide bonds. The van der Waals surface area contributed by atoms with E-state index in [0.29, 0.717) is 22.5 Å². The highest BCUT2D eigenvalue weighted by atomic mass is 32.1. The molecule has 6 nitrogen and oxygen atoms in total.